The highest BCUT2D eigenvalue weighted by Crippen LogP contribution is 2.14. The van der Waals surface area contributed by atoms with Crippen LogP contribution in [0.2, 0.25) is 0 Å². The van der Waals surface area contributed by atoms with Gasteiger partial charge in [0.1, 0.15) is 0 Å². The van der Waals surface area contributed by atoms with E-state index in [1.807, 2.05) is 26.8 Å². The standard InChI is InChI=1S/C11H18N4O/c1-7(2)16-10-4-8(3)13-11(15-10)14-9-5-12-6-9/h4,7,9,12H,5-6H2,1-3H3,(H,13,14,15). The zero-order valence-corrected chi connectivity index (χ0v) is 9.95. The Morgan fingerprint density at radius 1 is 1.44 bits per heavy atom. The monoisotopic (exact) mass is 222 g/mol. The van der Waals surface area contributed by atoms with E-state index in [2.05, 4.69) is 20.6 Å². The van der Waals surface area contributed by atoms with Crippen LogP contribution in [0, 0.1) is 6.92 Å². The van der Waals surface area contributed by atoms with E-state index in [-0.39, 0.29) is 6.10 Å². The summed E-state index contributed by atoms with van der Waals surface area (Å²) in [7, 11) is 0. The van der Waals surface area contributed by atoms with Crippen molar-refractivity contribution in [2.75, 3.05) is 18.4 Å². The lowest BCUT2D eigenvalue weighted by Crippen LogP contribution is -2.51. The Balaban J connectivity index is 2.08. The number of hydrogen-bond acceptors (Lipinski definition) is 5. The van der Waals surface area contributed by atoms with Crippen LogP contribution in [0.25, 0.3) is 0 Å². The Bertz CT molecular complexity index is 363. The van der Waals surface area contributed by atoms with E-state index in [0.29, 0.717) is 17.9 Å². The van der Waals surface area contributed by atoms with Gasteiger partial charge >= 0.3 is 0 Å². The Hall–Kier alpha value is -1.36. The molecule has 0 unspecified atom stereocenters. The third-order valence-corrected chi connectivity index (χ3v) is 2.30. The SMILES string of the molecule is Cc1cc(OC(C)C)nc(NC2CNC2)n1. The lowest BCUT2D eigenvalue weighted by molar-refractivity contribution is 0.232. The minimum atomic E-state index is 0.132. The van der Waals surface area contributed by atoms with Crippen LogP contribution in [-0.2, 0) is 0 Å². The molecule has 0 radical (unpaired) electrons. The number of anilines is 1. The van der Waals surface area contributed by atoms with Gasteiger partial charge in [-0.3, -0.25) is 0 Å². The van der Waals surface area contributed by atoms with Crippen LogP contribution in [0.15, 0.2) is 6.07 Å². The fourth-order valence-corrected chi connectivity index (χ4v) is 1.48. The zero-order valence-electron chi connectivity index (χ0n) is 9.95. The molecule has 0 spiro atoms. The van der Waals surface area contributed by atoms with Crippen molar-refractivity contribution in [3.8, 4) is 5.88 Å². The van der Waals surface area contributed by atoms with Crippen molar-refractivity contribution in [3.05, 3.63) is 11.8 Å². The van der Waals surface area contributed by atoms with Crippen molar-refractivity contribution in [1.29, 1.82) is 0 Å². The fraction of sp³-hybridized carbons (Fsp3) is 0.636. The molecule has 1 aliphatic heterocycles. The van der Waals surface area contributed by atoms with E-state index in [0.717, 1.165) is 18.8 Å². The van der Waals surface area contributed by atoms with Crippen LogP contribution >= 0.6 is 0 Å². The van der Waals surface area contributed by atoms with Gasteiger partial charge in [-0.1, -0.05) is 0 Å². The van der Waals surface area contributed by atoms with Gasteiger partial charge in [0.15, 0.2) is 0 Å². The second-order valence-corrected chi connectivity index (χ2v) is 4.34. The number of hydrogen-bond donors (Lipinski definition) is 2. The largest absolute Gasteiger partial charge is 0.475 e. The summed E-state index contributed by atoms with van der Waals surface area (Å²) in [4.78, 5) is 8.66. The topological polar surface area (TPSA) is 59.1 Å². The summed E-state index contributed by atoms with van der Waals surface area (Å²) in [5.41, 5.74) is 0.917. The van der Waals surface area contributed by atoms with E-state index in [1.54, 1.807) is 0 Å². The second kappa shape index (κ2) is 4.65. The van der Waals surface area contributed by atoms with Crippen molar-refractivity contribution >= 4 is 5.95 Å². The predicted octanol–water partition coefficient (Wildman–Crippen LogP) is 0.956. The minimum Gasteiger partial charge on any atom is -0.475 e. The molecule has 1 aliphatic rings. The van der Waals surface area contributed by atoms with Gasteiger partial charge in [0.05, 0.1) is 12.1 Å². The first kappa shape index (κ1) is 11.1. The molecule has 5 nitrogen and oxygen atoms in total. The maximum Gasteiger partial charge on any atom is 0.226 e. The molecule has 1 fully saturated rings. The Morgan fingerprint density at radius 2 is 2.19 bits per heavy atom. The highest BCUT2D eigenvalue weighted by Gasteiger charge is 2.17. The summed E-state index contributed by atoms with van der Waals surface area (Å²) >= 11 is 0. The fourth-order valence-electron chi connectivity index (χ4n) is 1.48. The molecule has 2 heterocycles. The van der Waals surface area contributed by atoms with Gasteiger partial charge in [-0.2, -0.15) is 4.98 Å². The van der Waals surface area contributed by atoms with Crippen LogP contribution in [0.1, 0.15) is 19.5 Å². The van der Waals surface area contributed by atoms with Gasteiger partial charge in [0, 0.05) is 24.8 Å². The summed E-state index contributed by atoms with van der Waals surface area (Å²) in [6, 6.07) is 2.29. The third-order valence-electron chi connectivity index (χ3n) is 2.30. The number of nitrogens with zero attached hydrogens (tertiary/aromatic N) is 2. The van der Waals surface area contributed by atoms with Gasteiger partial charge in [0.25, 0.3) is 0 Å². The van der Waals surface area contributed by atoms with E-state index < -0.39 is 0 Å². The quantitative estimate of drug-likeness (QED) is 0.794. The molecule has 0 saturated carbocycles. The van der Waals surface area contributed by atoms with E-state index in [4.69, 9.17) is 4.74 Å². The molecule has 0 bridgehead atoms. The number of aromatic nitrogens is 2. The average molecular weight is 222 g/mol. The number of ether oxygens (including phenoxy) is 1. The Labute approximate surface area is 95.6 Å². The summed E-state index contributed by atoms with van der Waals surface area (Å²) in [5, 5.41) is 6.46. The molecule has 1 aromatic rings. The van der Waals surface area contributed by atoms with Crippen molar-refractivity contribution in [1.82, 2.24) is 15.3 Å². The Morgan fingerprint density at radius 3 is 2.75 bits per heavy atom. The molecule has 1 aromatic heterocycles. The highest BCUT2D eigenvalue weighted by molar-refractivity contribution is 5.32. The summed E-state index contributed by atoms with van der Waals surface area (Å²) in [5.74, 6) is 1.29. The maximum atomic E-state index is 5.56. The molecule has 88 valence electrons. The van der Waals surface area contributed by atoms with Gasteiger partial charge in [-0.05, 0) is 20.8 Å². The summed E-state index contributed by atoms with van der Waals surface area (Å²) in [6.45, 7) is 7.86. The summed E-state index contributed by atoms with van der Waals surface area (Å²) in [6.07, 6.45) is 0.132. The molecule has 5 heteroatoms. The first-order chi connectivity index (χ1) is 7.63. The van der Waals surface area contributed by atoms with Crippen LogP contribution in [0.3, 0.4) is 0 Å². The first-order valence-electron chi connectivity index (χ1n) is 5.63. The molecule has 2 N–H and O–H groups in total. The predicted molar refractivity (Wildman–Crippen MR) is 62.8 cm³/mol. The zero-order chi connectivity index (χ0) is 11.5. The number of nitrogens with one attached hydrogen (secondary N) is 2. The molecule has 0 aliphatic carbocycles. The van der Waals surface area contributed by atoms with Crippen LogP contribution < -0.4 is 15.4 Å². The molecular weight excluding hydrogens is 204 g/mol. The first-order valence-corrected chi connectivity index (χ1v) is 5.63. The summed E-state index contributed by atoms with van der Waals surface area (Å²) < 4.78 is 5.56. The normalized spacial score (nSPS) is 16.0. The third kappa shape index (κ3) is 2.82. The molecular formula is C11H18N4O. The number of rotatable bonds is 4. The molecule has 16 heavy (non-hydrogen) atoms. The van der Waals surface area contributed by atoms with Crippen molar-refractivity contribution in [3.63, 3.8) is 0 Å². The van der Waals surface area contributed by atoms with Crippen molar-refractivity contribution in [2.45, 2.75) is 32.9 Å². The smallest absolute Gasteiger partial charge is 0.226 e. The lowest BCUT2D eigenvalue weighted by Gasteiger charge is -2.28. The molecule has 1 saturated heterocycles. The lowest BCUT2D eigenvalue weighted by atomic mass is 10.2. The average Bonchev–Trinajstić information content (AvgIpc) is 2.09. The second-order valence-electron chi connectivity index (χ2n) is 4.34. The molecule has 0 aromatic carbocycles. The molecule has 0 atom stereocenters. The van der Waals surface area contributed by atoms with Gasteiger partial charge < -0.3 is 15.4 Å². The van der Waals surface area contributed by atoms with Crippen molar-refractivity contribution < 1.29 is 4.74 Å². The van der Waals surface area contributed by atoms with Gasteiger partial charge in [-0.25, -0.2) is 4.98 Å². The highest BCUT2D eigenvalue weighted by atomic mass is 16.5. The van der Waals surface area contributed by atoms with E-state index in [1.165, 1.54) is 0 Å². The van der Waals surface area contributed by atoms with Crippen LogP contribution in [-0.4, -0.2) is 35.2 Å². The number of aryl methyl sites for hydroxylation is 1. The maximum absolute atomic E-state index is 5.56. The molecule has 2 rings (SSSR count). The van der Waals surface area contributed by atoms with Crippen LogP contribution in [0.4, 0.5) is 5.95 Å². The Kier molecular flexibility index (Phi) is 3.24. The van der Waals surface area contributed by atoms with E-state index >= 15 is 0 Å². The van der Waals surface area contributed by atoms with Crippen LogP contribution in [0.5, 0.6) is 5.88 Å². The van der Waals surface area contributed by atoms with Gasteiger partial charge in [0.2, 0.25) is 11.8 Å². The van der Waals surface area contributed by atoms with Crippen molar-refractivity contribution in [2.24, 2.45) is 0 Å². The van der Waals surface area contributed by atoms with E-state index in [9.17, 15) is 0 Å². The molecule has 0 amide bonds. The minimum absolute atomic E-state index is 0.132. The van der Waals surface area contributed by atoms with Gasteiger partial charge in [-0.15, -0.1) is 0 Å².